The van der Waals surface area contributed by atoms with Crippen LogP contribution in [0.25, 0.3) is 11.3 Å². The average Bonchev–Trinajstić information content (AvgIpc) is 3.14. The second-order valence-corrected chi connectivity index (χ2v) is 6.63. The van der Waals surface area contributed by atoms with Gasteiger partial charge in [0, 0.05) is 17.9 Å². The third-order valence-corrected chi connectivity index (χ3v) is 4.10. The molecule has 1 amide bonds. The monoisotopic (exact) mass is 442 g/mol. The van der Waals surface area contributed by atoms with Crippen molar-refractivity contribution in [2.75, 3.05) is 11.9 Å². The molecule has 0 bridgehead atoms. The highest BCUT2D eigenvalue weighted by molar-refractivity contribution is 6.31. The lowest BCUT2D eigenvalue weighted by Crippen LogP contribution is -2.20. The SMILES string of the molecule is O=C(CCc1ncc(-c2ccccc2F)o1)Nc1cc(Cl)ccc1OCC(F)(F)F. The maximum absolute atomic E-state index is 13.8. The second-order valence-electron chi connectivity index (χ2n) is 6.19. The molecule has 0 unspecified atom stereocenters. The molecule has 0 aliphatic carbocycles. The predicted octanol–water partition coefficient (Wildman–Crippen LogP) is 5.65. The van der Waals surface area contributed by atoms with Crippen molar-refractivity contribution in [3.05, 3.63) is 65.4 Å². The molecule has 10 heteroatoms. The number of alkyl halides is 3. The highest BCUT2D eigenvalue weighted by Crippen LogP contribution is 2.30. The standard InChI is InChI=1S/C20H15ClF4N2O3/c21-12-5-6-16(29-11-20(23,24)25)15(9-12)27-18(28)7-8-19-26-10-17(30-19)13-3-1-2-4-14(13)22/h1-6,9-10H,7-8,11H2,(H,27,28). The first-order chi connectivity index (χ1) is 14.2. The zero-order chi connectivity index (χ0) is 21.7. The van der Waals surface area contributed by atoms with Crippen LogP contribution in [0.2, 0.25) is 5.02 Å². The van der Waals surface area contributed by atoms with E-state index in [1.165, 1.54) is 36.5 Å². The minimum Gasteiger partial charge on any atom is -0.482 e. The molecule has 0 aliphatic rings. The zero-order valence-corrected chi connectivity index (χ0v) is 16.1. The molecule has 5 nitrogen and oxygen atoms in total. The molecule has 1 heterocycles. The van der Waals surface area contributed by atoms with Gasteiger partial charge < -0.3 is 14.5 Å². The Labute approximate surface area is 173 Å². The summed E-state index contributed by atoms with van der Waals surface area (Å²) >= 11 is 5.85. The summed E-state index contributed by atoms with van der Waals surface area (Å²) in [5.41, 5.74) is 0.252. The largest absolute Gasteiger partial charge is 0.482 e. The molecule has 0 radical (unpaired) electrons. The van der Waals surface area contributed by atoms with Gasteiger partial charge in [0.25, 0.3) is 0 Å². The van der Waals surface area contributed by atoms with Gasteiger partial charge in [-0.15, -0.1) is 0 Å². The van der Waals surface area contributed by atoms with Crippen LogP contribution in [-0.2, 0) is 11.2 Å². The summed E-state index contributed by atoms with van der Waals surface area (Å²) in [6.07, 6.45) is -3.16. The quantitative estimate of drug-likeness (QED) is 0.480. The molecule has 1 N–H and O–H groups in total. The third kappa shape index (κ3) is 5.96. The lowest BCUT2D eigenvalue weighted by atomic mass is 10.2. The number of carbonyl (C=O) groups excluding carboxylic acids is 1. The van der Waals surface area contributed by atoms with E-state index in [1.54, 1.807) is 12.1 Å². The predicted molar refractivity (Wildman–Crippen MR) is 102 cm³/mol. The third-order valence-electron chi connectivity index (χ3n) is 3.87. The first kappa shape index (κ1) is 21.6. The molecule has 1 aromatic heterocycles. The van der Waals surface area contributed by atoms with Gasteiger partial charge in [-0.1, -0.05) is 23.7 Å². The number of nitrogens with zero attached hydrogens (tertiary/aromatic N) is 1. The van der Waals surface area contributed by atoms with E-state index in [2.05, 4.69) is 10.3 Å². The van der Waals surface area contributed by atoms with E-state index in [0.29, 0.717) is 0 Å². The summed E-state index contributed by atoms with van der Waals surface area (Å²) in [6.45, 7) is -1.51. The molecule has 158 valence electrons. The van der Waals surface area contributed by atoms with Crippen LogP contribution in [0.1, 0.15) is 12.3 Å². The van der Waals surface area contributed by atoms with E-state index in [9.17, 15) is 22.4 Å². The van der Waals surface area contributed by atoms with Crippen LogP contribution in [0.4, 0.5) is 23.2 Å². The number of amides is 1. The number of aromatic nitrogens is 1. The van der Waals surface area contributed by atoms with Crippen LogP contribution in [-0.4, -0.2) is 23.7 Å². The molecule has 2 aromatic carbocycles. The number of oxazole rings is 1. The maximum Gasteiger partial charge on any atom is 0.422 e. The summed E-state index contributed by atoms with van der Waals surface area (Å²) in [7, 11) is 0. The molecule has 3 rings (SSSR count). The molecule has 0 atom stereocenters. The van der Waals surface area contributed by atoms with Gasteiger partial charge in [0.05, 0.1) is 17.4 Å². The van der Waals surface area contributed by atoms with E-state index >= 15 is 0 Å². The Kier molecular flexibility index (Phi) is 6.61. The molecule has 0 saturated carbocycles. The summed E-state index contributed by atoms with van der Waals surface area (Å²) in [5, 5.41) is 2.68. The Morgan fingerprint density at radius 1 is 1.20 bits per heavy atom. The number of hydrogen-bond acceptors (Lipinski definition) is 4. The van der Waals surface area contributed by atoms with Crippen LogP contribution < -0.4 is 10.1 Å². The van der Waals surface area contributed by atoms with Crippen LogP contribution >= 0.6 is 11.6 Å². The van der Waals surface area contributed by atoms with E-state index in [4.69, 9.17) is 20.8 Å². The summed E-state index contributed by atoms with van der Waals surface area (Å²) in [5.74, 6) is -0.711. The Balaban J connectivity index is 1.61. The molecule has 0 saturated heterocycles. The lowest BCUT2D eigenvalue weighted by Gasteiger charge is -2.14. The topological polar surface area (TPSA) is 64.4 Å². The minimum absolute atomic E-state index is 0.0104. The maximum atomic E-state index is 13.8. The fraction of sp³-hybridized carbons (Fsp3) is 0.200. The van der Waals surface area contributed by atoms with Crippen molar-refractivity contribution in [2.24, 2.45) is 0 Å². The highest BCUT2D eigenvalue weighted by atomic mass is 35.5. The van der Waals surface area contributed by atoms with E-state index in [-0.39, 0.29) is 46.5 Å². The fourth-order valence-corrected chi connectivity index (χ4v) is 2.70. The number of ether oxygens (including phenoxy) is 1. The Bertz CT molecular complexity index is 1040. The van der Waals surface area contributed by atoms with Crippen molar-refractivity contribution in [3.63, 3.8) is 0 Å². The number of aryl methyl sites for hydroxylation is 1. The normalized spacial score (nSPS) is 11.4. The molecule has 30 heavy (non-hydrogen) atoms. The molecule has 0 fully saturated rings. The Morgan fingerprint density at radius 2 is 1.97 bits per heavy atom. The smallest absolute Gasteiger partial charge is 0.422 e. The van der Waals surface area contributed by atoms with Crippen molar-refractivity contribution in [1.29, 1.82) is 0 Å². The van der Waals surface area contributed by atoms with Crippen molar-refractivity contribution in [1.82, 2.24) is 4.98 Å². The van der Waals surface area contributed by atoms with Crippen LogP contribution in [0, 0.1) is 5.82 Å². The van der Waals surface area contributed by atoms with Crippen molar-refractivity contribution in [3.8, 4) is 17.1 Å². The first-order valence-electron chi connectivity index (χ1n) is 8.70. The van der Waals surface area contributed by atoms with Gasteiger partial charge in [-0.3, -0.25) is 4.79 Å². The average molecular weight is 443 g/mol. The van der Waals surface area contributed by atoms with Crippen molar-refractivity contribution in [2.45, 2.75) is 19.0 Å². The molecular formula is C20H15ClF4N2O3. The number of hydrogen-bond donors (Lipinski definition) is 1. The van der Waals surface area contributed by atoms with Crippen LogP contribution in [0.15, 0.2) is 53.1 Å². The molecular weight excluding hydrogens is 428 g/mol. The number of rotatable bonds is 7. The van der Waals surface area contributed by atoms with Gasteiger partial charge in [-0.25, -0.2) is 9.37 Å². The molecule has 0 spiro atoms. The molecule has 3 aromatic rings. The number of anilines is 1. The Hall–Kier alpha value is -3.07. The van der Waals surface area contributed by atoms with Crippen molar-refractivity contribution < 1.29 is 31.5 Å². The van der Waals surface area contributed by atoms with Gasteiger partial charge in [-0.05, 0) is 30.3 Å². The lowest BCUT2D eigenvalue weighted by molar-refractivity contribution is -0.153. The van der Waals surface area contributed by atoms with Gasteiger partial charge in [-0.2, -0.15) is 13.2 Å². The number of nitrogens with one attached hydrogen (secondary N) is 1. The Morgan fingerprint density at radius 3 is 2.70 bits per heavy atom. The van der Waals surface area contributed by atoms with Crippen LogP contribution in [0.5, 0.6) is 5.75 Å². The van der Waals surface area contributed by atoms with E-state index in [1.807, 2.05) is 0 Å². The van der Waals surface area contributed by atoms with Crippen LogP contribution in [0.3, 0.4) is 0 Å². The van der Waals surface area contributed by atoms with E-state index in [0.717, 1.165) is 0 Å². The second kappa shape index (κ2) is 9.17. The summed E-state index contributed by atoms with van der Waals surface area (Å²) in [4.78, 5) is 16.2. The number of halogens is 5. The van der Waals surface area contributed by atoms with Gasteiger partial charge in [0.1, 0.15) is 11.6 Å². The van der Waals surface area contributed by atoms with E-state index < -0.39 is 24.5 Å². The zero-order valence-electron chi connectivity index (χ0n) is 15.3. The van der Waals surface area contributed by atoms with Gasteiger partial charge in [0.2, 0.25) is 5.91 Å². The molecule has 0 aliphatic heterocycles. The van der Waals surface area contributed by atoms with Crippen molar-refractivity contribution >= 4 is 23.2 Å². The highest BCUT2D eigenvalue weighted by Gasteiger charge is 2.29. The summed E-state index contributed by atoms with van der Waals surface area (Å²) < 4.78 is 61.2. The first-order valence-corrected chi connectivity index (χ1v) is 9.07. The summed E-state index contributed by atoms with van der Waals surface area (Å²) in [6, 6.07) is 9.88. The van der Waals surface area contributed by atoms with Gasteiger partial charge in [0.15, 0.2) is 18.3 Å². The van der Waals surface area contributed by atoms with Gasteiger partial charge >= 0.3 is 6.18 Å². The number of benzene rings is 2. The minimum atomic E-state index is -4.53. The number of carbonyl (C=O) groups is 1. The fourth-order valence-electron chi connectivity index (χ4n) is 2.53.